The molecule has 5 nitrogen and oxygen atoms in total. The highest BCUT2D eigenvalue weighted by Crippen LogP contribution is 2.30. The van der Waals surface area contributed by atoms with Crippen molar-refractivity contribution in [1.29, 1.82) is 0 Å². The van der Waals surface area contributed by atoms with Gasteiger partial charge in [0.1, 0.15) is 11.5 Å². The fourth-order valence-electron chi connectivity index (χ4n) is 1.44. The molecule has 0 aromatic heterocycles. The molecule has 0 saturated heterocycles. The van der Waals surface area contributed by atoms with E-state index in [0.717, 1.165) is 5.56 Å². The number of methoxy groups -OCH3 is 2. The lowest BCUT2D eigenvalue weighted by Crippen LogP contribution is -2.33. The molecule has 1 aromatic rings. The Hall–Kier alpha value is -1.75. The van der Waals surface area contributed by atoms with Gasteiger partial charge in [0.25, 0.3) is 0 Å². The minimum Gasteiger partial charge on any atom is -0.497 e. The first-order valence-corrected chi connectivity index (χ1v) is 4.86. The molecule has 0 saturated carbocycles. The topological polar surface area (TPSA) is 73.6 Å². The molecule has 1 rings (SSSR count). The van der Waals surface area contributed by atoms with Crippen molar-refractivity contribution in [3.63, 3.8) is 0 Å². The van der Waals surface area contributed by atoms with Gasteiger partial charge in [-0.3, -0.25) is 10.2 Å². The van der Waals surface area contributed by atoms with Gasteiger partial charge in [0, 0.05) is 11.6 Å². The van der Waals surface area contributed by atoms with Gasteiger partial charge in [-0.1, -0.05) is 6.07 Å². The lowest BCUT2D eigenvalue weighted by atomic mass is 9.99. The van der Waals surface area contributed by atoms with Gasteiger partial charge in [-0.25, -0.2) is 5.84 Å². The third-order valence-corrected chi connectivity index (χ3v) is 2.44. The number of carbonyl (C=O) groups is 1. The number of nitrogens with two attached hydrogens (primary N) is 1. The molecule has 16 heavy (non-hydrogen) atoms. The number of nitrogens with one attached hydrogen (secondary N) is 1. The summed E-state index contributed by atoms with van der Waals surface area (Å²) < 4.78 is 10.3. The Bertz CT molecular complexity index is 379. The molecule has 1 atom stereocenters. The number of benzene rings is 1. The van der Waals surface area contributed by atoms with Crippen LogP contribution in [0.3, 0.4) is 0 Å². The Kier molecular flexibility index (Phi) is 4.13. The number of carbonyl (C=O) groups excluding carboxylic acids is 1. The van der Waals surface area contributed by atoms with Gasteiger partial charge in [0.05, 0.1) is 20.1 Å². The average molecular weight is 224 g/mol. The van der Waals surface area contributed by atoms with E-state index in [1.807, 2.05) is 0 Å². The Balaban J connectivity index is 3.08. The van der Waals surface area contributed by atoms with E-state index >= 15 is 0 Å². The molecule has 3 N–H and O–H groups in total. The molecule has 0 spiro atoms. The minimum absolute atomic E-state index is 0.261. The first-order valence-electron chi connectivity index (χ1n) is 4.86. The lowest BCUT2D eigenvalue weighted by Gasteiger charge is -2.15. The summed E-state index contributed by atoms with van der Waals surface area (Å²) in [6, 6.07) is 5.30. The molecule has 0 bridgehead atoms. The number of rotatable bonds is 4. The number of hydrogen-bond donors (Lipinski definition) is 2. The van der Waals surface area contributed by atoms with E-state index in [2.05, 4.69) is 5.43 Å². The average Bonchev–Trinajstić information content (AvgIpc) is 2.35. The molecule has 1 amide bonds. The minimum atomic E-state index is -0.370. The summed E-state index contributed by atoms with van der Waals surface area (Å²) in [5.41, 5.74) is 2.89. The summed E-state index contributed by atoms with van der Waals surface area (Å²) >= 11 is 0. The highest BCUT2D eigenvalue weighted by molar-refractivity contribution is 5.83. The normalized spacial score (nSPS) is 11.8. The standard InChI is InChI=1S/C11H16N2O3/c1-7(11(14)13-12)9-5-4-8(15-2)6-10(9)16-3/h4-7H,12H2,1-3H3,(H,13,14). The van der Waals surface area contributed by atoms with Gasteiger partial charge < -0.3 is 9.47 Å². The summed E-state index contributed by atoms with van der Waals surface area (Å²) in [7, 11) is 3.12. The Labute approximate surface area is 94.5 Å². The molecule has 0 heterocycles. The van der Waals surface area contributed by atoms with Crippen LogP contribution in [-0.4, -0.2) is 20.1 Å². The van der Waals surface area contributed by atoms with Crippen LogP contribution in [0.5, 0.6) is 11.5 Å². The van der Waals surface area contributed by atoms with Crippen molar-refractivity contribution >= 4 is 5.91 Å². The van der Waals surface area contributed by atoms with Gasteiger partial charge in [-0.2, -0.15) is 0 Å². The van der Waals surface area contributed by atoms with Gasteiger partial charge in [0.2, 0.25) is 5.91 Å². The van der Waals surface area contributed by atoms with E-state index in [1.54, 1.807) is 39.3 Å². The van der Waals surface area contributed by atoms with Crippen molar-refractivity contribution < 1.29 is 14.3 Å². The molecule has 88 valence electrons. The van der Waals surface area contributed by atoms with Gasteiger partial charge in [-0.05, 0) is 13.0 Å². The summed E-state index contributed by atoms with van der Waals surface area (Å²) in [5, 5.41) is 0. The third kappa shape index (κ3) is 2.43. The molecule has 1 aromatic carbocycles. The highest BCUT2D eigenvalue weighted by Gasteiger charge is 2.18. The molecule has 0 aliphatic carbocycles. The predicted molar refractivity (Wildman–Crippen MR) is 60.3 cm³/mol. The zero-order chi connectivity index (χ0) is 12.1. The molecule has 0 aliphatic heterocycles. The Morgan fingerprint density at radius 1 is 1.38 bits per heavy atom. The number of ether oxygens (including phenoxy) is 2. The zero-order valence-electron chi connectivity index (χ0n) is 9.61. The van der Waals surface area contributed by atoms with Gasteiger partial charge in [-0.15, -0.1) is 0 Å². The van der Waals surface area contributed by atoms with Crippen LogP contribution in [0, 0.1) is 0 Å². The largest absolute Gasteiger partial charge is 0.497 e. The van der Waals surface area contributed by atoms with Crippen molar-refractivity contribution in [3.05, 3.63) is 23.8 Å². The van der Waals surface area contributed by atoms with Crippen LogP contribution in [-0.2, 0) is 4.79 Å². The zero-order valence-corrected chi connectivity index (χ0v) is 9.61. The fraction of sp³-hybridized carbons (Fsp3) is 0.364. The Morgan fingerprint density at radius 3 is 2.56 bits per heavy atom. The van der Waals surface area contributed by atoms with Crippen LogP contribution in [0.1, 0.15) is 18.4 Å². The Morgan fingerprint density at radius 2 is 2.06 bits per heavy atom. The van der Waals surface area contributed by atoms with Gasteiger partial charge in [0.15, 0.2) is 0 Å². The van der Waals surface area contributed by atoms with E-state index in [9.17, 15) is 4.79 Å². The van der Waals surface area contributed by atoms with Crippen molar-refractivity contribution in [1.82, 2.24) is 5.43 Å². The van der Waals surface area contributed by atoms with Crippen molar-refractivity contribution in [2.45, 2.75) is 12.8 Å². The van der Waals surface area contributed by atoms with Crippen molar-refractivity contribution in [2.24, 2.45) is 5.84 Å². The molecular weight excluding hydrogens is 208 g/mol. The van der Waals surface area contributed by atoms with E-state index in [0.29, 0.717) is 11.5 Å². The summed E-state index contributed by atoms with van der Waals surface area (Å²) in [4.78, 5) is 11.4. The number of hydrogen-bond acceptors (Lipinski definition) is 4. The molecular formula is C11H16N2O3. The molecule has 0 radical (unpaired) electrons. The van der Waals surface area contributed by atoms with E-state index < -0.39 is 0 Å². The van der Waals surface area contributed by atoms with E-state index in [-0.39, 0.29) is 11.8 Å². The van der Waals surface area contributed by atoms with Crippen LogP contribution < -0.4 is 20.7 Å². The van der Waals surface area contributed by atoms with Gasteiger partial charge >= 0.3 is 0 Å². The molecule has 0 fully saturated rings. The summed E-state index contributed by atoms with van der Waals surface area (Å²) in [6.45, 7) is 1.76. The first-order chi connectivity index (χ1) is 7.63. The second-order valence-corrected chi connectivity index (χ2v) is 3.34. The van der Waals surface area contributed by atoms with E-state index in [1.165, 1.54) is 0 Å². The monoisotopic (exact) mass is 224 g/mol. The molecule has 5 heteroatoms. The second-order valence-electron chi connectivity index (χ2n) is 3.34. The van der Waals surface area contributed by atoms with E-state index in [4.69, 9.17) is 15.3 Å². The SMILES string of the molecule is COc1ccc(C(C)C(=O)NN)c(OC)c1. The maximum atomic E-state index is 11.4. The van der Waals surface area contributed by atoms with Crippen molar-refractivity contribution in [3.8, 4) is 11.5 Å². The van der Waals surface area contributed by atoms with Crippen LogP contribution in [0.15, 0.2) is 18.2 Å². The maximum Gasteiger partial charge on any atom is 0.241 e. The molecule has 1 unspecified atom stereocenters. The third-order valence-electron chi connectivity index (χ3n) is 2.44. The van der Waals surface area contributed by atoms with Crippen LogP contribution >= 0.6 is 0 Å². The van der Waals surface area contributed by atoms with Crippen LogP contribution in [0.25, 0.3) is 0 Å². The lowest BCUT2D eigenvalue weighted by molar-refractivity contribution is -0.122. The number of amides is 1. The first kappa shape index (κ1) is 12.3. The quantitative estimate of drug-likeness (QED) is 0.450. The maximum absolute atomic E-state index is 11.4. The predicted octanol–water partition coefficient (Wildman–Crippen LogP) is 0.797. The summed E-state index contributed by atoms with van der Waals surface area (Å²) in [5.74, 6) is 5.75. The highest BCUT2D eigenvalue weighted by atomic mass is 16.5. The molecule has 0 aliphatic rings. The number of hydrazine groups is 1. The van der Waals surface area contributed by atoms with Crippen LogP contribution in [0.4, 0.5) is 0 Å². The summed E-state index contributed by atoms with van der Waals surface area (Å²) in [6.07, 6.45) is 0. The van der Waals surface area contributed by atoms with Crippen molar-refractivity contribution in [2.75, 3.05) is 14.2 Å². The smallest absolute Gasteiger partial charge is 0.241 e. The second kappa shape index (κ2) is 5.37. The fourth-order valence-corrected chi connectivity index (χ4v) is 1.44. The van der Waals surface area contributed by atoms with Crippen LogP contribution in [0.2, 0.25) is 0 Å².